The molecule has 2 rings (SSSR count). The molecule has 0 saturated carbocycles. The van der Waals surface area contributed by atoms with Crippen molar-refractivity contribution in [2.24, 2.45) is 5.84 Å². The van der Waals surface area contributed by atoms with Crippen LogP contribution in [0.1, 0.15) is 21.9 Å². The summed E-state index contributed by atoms with van der Waals surface area (Å²) in [5.41, 5.74) is 8.61. The topological polar surface area (TPSA) is 120 Å². The van der Waals surface area contributed by atoms with Gasteiger partial charge in [0, 0.05) is 23.7 Å². The normalized spacial score (nSPS) is 10.4. The number of aromatic nitrogens is 2. The molecule has 0 radical (unpaired) electrons. The van der Waals surface area contributed by atoms with Crippen LogP contribution in [-0.4, -0.2) is 15.9 Å². The van der Waals surface area contributed by atoms with E-state index in [2.05, 4.69) is 9.97 Å². The highest BCUT2D eigenvalue weighted by atomic mass is 32.2. The average molecular weight is 279 g/mol. The Hall–Kier alpha value is -2.06. The van der Waals surface area contributed by atoms with E-state index in [4.69, 9.17) is 16.0 Å². The van der Waals surface area contributed by atoms with E-state index >= 15 is 0 Å². The van der Waals surface area contributed by atoms with Crippen molar-refractivity contribution >= 4 is 23.5 Å². The van der Waals surface area contributed by atoms with Crippen molar-refractivity contribution in [1.29, 1.82) is 0 Å². The number of rotatable bonds is 4. The third-order valence-electron chi connectivity index (χ3n) is 2.43. The van der Waals surface area contributed by atoms with Gasteiger partial charge in [0.1, 0.15) is 10.8 Å². The van der Waals surface area contributed by atoms with E-state index in [0.29, 0.717) is 22.4 Å². The first kappa shape index (κ1) is 13.4. The van der Waals surface area contributed by atoms with Crippen LogP contribution < -0.4 is 17.0 Å². The Morgan fingerprint density at radius 2 is 2.21 bits per heavy atom. The van der Waals surface area contributed by atoms with Crippen LogP contribution >= 0.6 is 11.8 Å². The number of nitrogen functional groups attached to an aromatic ring is 2. The zero-order valence-electron chi connectivity index (χ0n) is 10.2. The van der Waals surface area contributed by atoms with E-state index in [0.717, 1.165) is 5.56 Å². The fourth-order valence-electron chi connectivity index (χ4n) is 1.44. The lowest BCUT2D eigenvalue weighted by Crippen LogP contribution is -2.29. The maximum absolute atomic E-state index is 11.3. The summed E-state index contributed by atoms with van der Waals surface area (Å²) in [5.74, 6) is 6.40. The molecule has 5 N–H and O–H groups in total. The number of anilines is 1. The van der Waals surface area contributed by atoms with Gasteiger partial charge in [-0.05, 0) is 13.0 Å². The number of nitrogens with two attached hydrogens (primary N) is 2. The largest absolute Gasteiger partial charge is 0.456 e. The maximum atomic E-state index is 11.3. The lowest BCUT2D eigenvalue weighted by molar-refractivity contribution is 0.0924. The zero-order chi connectivity index (χ0) is 13.8. The minimum atomic E-state index is -0.460. The molecule has 0 fully saturated rings. The van der Waals surface area contributed by atoms with Crippen molar-refractivity contribution in [2.45, 2.75) is 17.7 Å². The maximum Gasteiger partial charge on any atom is 0.300 e. The molecule has 0 aromatic carbocycles. The van der Waals surface area contributed by atoms with Crippen LogP contribution in [0.3, 0.4) is 0 Å². The van der Waals surface area contributed by atoms with Gasteiger partial charge in [-0.1, -0.05) is 11.8 Å². The molecule has 0 spiro atoms. The molecule has 0 aliphatic carbocycles. The molecular formula is C11H13N5O2S. The molecule has 0 aliphatic heterocycles. The van der Waals surface area contributed by atoms with Gasteiger partial charge in [-0.15, -0.1) is 0 Å². The fraction of sp³-hybridized carbons (Fsp3) is 0.182. The number of aryl methyl sites for hydroxylation is 1. The van der Waals surface area contributed by atoms with Crippen LogP contribution in [0.15, 0.2) is 27.9 Å². The minimum absolute atomic E-state index is 0.183. The monoisotopic (exact) mass is 279 g/mol. The summed E-state index contributed by atoms with van der Waals surface area (Å²) in [5, 5.41) is 0.646. The van der Waals surface area contributed by atoms with Crippen molar-refractivity contribution < 1.29 is 9.21 Å². The third-order valence-corrected chi connectivity index (χ3v) is 3.47. The second kappa shape index (κ2) is 5.72. The molecule has 19 heavy (non-hydrogen) atoms. The van der Waals surface area contributed by atoms with Crippen molar-refractivity contribution in [3.63, 3.8) is 0 Å². The van der Waals surface area contributed by atoms with Gasteiger partial charge in [0.05, 0.1) is 0 Å². The predicted molar refractivity (Wildman–Crippen MR) is 71.1 cm³/mol. The Balaban J connectivity index is 2.10. The molecule has 0 aliphatic rings. The molecule has 0 saturated heterocycles. The minimum Gasteiger partial charge on any atom is -0.456 e. The van der Waals surface area contributed by atoms with Crippen LogP contribution in [0.5, 0.6) is 0 Å². The van der Waals surface area contributed by atoms with Gasteiger partial charge in [-0.2, -0.15) is 0 Å². The summed E-state index contributed by atoms with van der Waals surface area (Å²) < 4.78 is 5.31. The van der Waals surface area contributed by atoms with Gasteiger partial charge in [-0.3, -0.25) is 10.2 Å². The third kappa shape index (κ3) is 3.04. The number of hydrogen-bond acceptors (Lipinski definition) is 7. The van der Waals surface area contributed by atoms with Crippen molar-refractivity contribution in [3.8, 4) is 0 Å². The van der Waals surface area contributed by atoms with E-state index in [1.54, 1.807) is 19.2 Å². The number of thioether (sulfide) groups is 1. The lowest BCUT2D eigenvalue weighted by Gasteiger charge is -2.01. The van der Waals surface area contributed by atoms with E-state index < -0.39 is 5.91 Å². The molecule has 0 atom stereocenters. The lowest BCUT2D eigenvalue weighted by atomic mass is 10.3. The standard InChI is InChI=1S/C11H13N5O2S/c1-6-7(4-8(18-6)10(17)16-13)5-19-11-9(12)14-2-3-15-11/h2-4H,5,13H2,1H3,(H2,12,14)(H,16,17). The summed E-state index contributed by atoms with van der Waals surface area (Å²) in [6.07, 6.45) is 3.11. The van der Waals surface area contributed by atoms with Crippen molar-refractivity contribution in [3.05, 3.63) is 35.5 Å². The highest BCUT2D eigenvalue weighted by Crippen LogP contribution is 2.27. The first-order valence-corrected chi connectivity index (χ1v) is 6.40. The highest BCUT2D eigenvalue weighted by Gasteiger charge is 2.14. The Morgan fingerprint density at radius 3 is 2.89 bits per heavy atom. The van der Waals surface area contributed by atoms with Crippen molar-refractivity contribution in [1.82, 2.24) is 15.4 Å². The van der Waals surface area contributed by atoms with Crippen molar-refractivity contribution in [2.75, 3.05) is 5.73 Å². The van der Waals surface area contributed by atoms with Gasteiger partial charge in [-0.25, -0.2) is 15.8 Å². The number of nitrogens with one attached hydrogen (secondary N) is 1. The highest BCUT2D eigenvalue weighted by molar-refractivity contribution is 7.98. The second-order valence-corrected chi connectivity index (χ2v) is 4.66. The van der Waals surface area contributed by atoms with Gasteiger partial charge in [0.25, 0.3) is 0 Å². The molecule has 100 valence electrons. The molecular weight excluding hydrogens is 266 g/mol. The number of nitrogens with zero attached hydrogens (tertiary/aromatic N) is 2. The van der Waals surface area contributed by atoms with E-state index in [9.17, 15) is 4.79 Å². The molecule has 2 heterocycles. The molecule has 7 nitrogen and oxygen atoms in total. The second-order valence-electron chi connectivity index (χ2n) is 3.70. The zero-order valence-corrected chi connectivity index (χ0v) is 11.0. The van der Waals surface area contributed by atoms with Crippen LogP contribution in [0.25, 0.3) is 0 Å². The molecule has 0 unspecified atom stereocenters. The summed E-state index contributed by atoms with van der Waals surface area (Å²) >= 11 is 1.43. The molecule has 2 aromatic rings. The first-order valence-electron chi connectivity index (χ1n) is 5.41. The summed E-state index contributed by atoms with van der Waals surface area (Å²) in [6.45, 7) is 1.78. The van der Waals surface area contributed by atoms with Gasteiger partial charge < -0.3 is 10.2 Å². The number of carbonyl (C=O) groups is 1. The number of hydrogen-bond donors (Lipinski definition) is 3. The number of hydrazine groups is 1. The van der Waals surface area contributed by atoms with Gasteiger partial charge >= 0.3 is 5.91 Å². The van der Waals surface area contributed by atoms with Gasteiger partial charge in [0.15, 0.2) is 11.6 Å². The summed E-state index contributed by atoms with van der Waals surface area (Å²) in [4.78, 5) is 19.4. The summed E-state index contributed by atoms with van der Waals surface area (Å²) in [7, 11) is 0. The quantitative estimate of drug-likeness (QED) is 0.328. The fourth-order valence-corrected chi connectivity index (χ4v) is 2.35. The number of furan rings is 1. The average Bonchev–Trinajstić information content (AvgIpc) is 2.78. The molecule has 0 bridgehead atoms. The molecule has 2 aromatic heterocycles. The predicted octanol–water partition coefficient (Wildman–Crippen LogP) is 0.856. The Morgan fingerprint density at radius 1 is 1.47 bits per heavy atom. The van der Waals surface area contributed by atoms with Crippen LogP contribution in [0.2, 0.25) is 0 Å². The van der Waals surface area contributed by atoms with Gasteiger partial charge in [0.2, 0.25) is 0 Å². The van der Waals surface area contributed by atoms with Crippen LogP contribution in [0, 0.1) is 6.92 Å². The van der Waals surface area contributed by atoms with E-state index in [1.165, 1.54) is 18.0 Å². The Kier molecular flexibility index (Phi) is 4.03. The molecule has 1 amide bonds. The number of amides is 1. The summed E-state index contributed by atoms with van der Waals surface area (Å²) in [6, 6.07) is 1.65. The van der Waals surface area contributed by atoms with E-state index in [1.807, 2.05) is 5.43 Å². The van der Waals surface area contributed by atoms with Crippen LogP contribution in [0.4, 0.5) is 5.82 Å². The smallest absolute Gasteiger partial charge is 0.300 e. The van der Waals surface area contributed by atoms with E-state index in [-0.39, 0.29) is 5.76 Å². The SMILES string of the molecule is Cc1oc(C(=O)NN)cc1CSc1nccnc1N. The molecule has 8 heteroatoms. The Labute approximate surface area is 113 Å². The Bertz CT molecular complexity index is 599. The van der Waals surface area contributed by atoms with Crippen LogP contribution in [-0.2, 0) is 5.75 Å². The number of carbonyl (C=O) groups excluding carboxylic acids is 1. The first-order chi connectivity index (χ1) is 9.11.